The first-order chi connectivity index (χ1) is 39.9. The molecule has 0 aliphatic carbocycles. The van der Waals surface area contributed by atoms with E-state index in [-0.39, 0.29) is 31.5 Å². The van der Waals surface area contributed by atoms with Crippen LogP contribution in [0.4, 0.5) is 0 Å². The molecule has 3 unspecified atom stereocenters. The van der Waals surface area contributed by atoms with Crippen molar-refractivity contribution in [3.8, 4) is 0 Å². The second kappa shape index (κ2) is 62.5. The summed E-state index contributed by atoms with van der Waals surface area (Å²) in [7, 11) is 1.21. The smallest absolute Gasteiger partial charge is 0.306 e. The maximum absolute atomic E-state index is 13.6. The lowest BCUT2D eigenvalue weighted by molar-refractivity contribution is -0.870. The van der Waals surface area contributed by atoms with Crippen molar-refractivity contribution in [3.05, 3.63) is 24.3 Å². The Hall–Kier alpha value is -1.51. The third kappa shape index (κ3) is 63.0. The number of hydrogen-bond donors (Lipinski definition) is 1. The Morgan fingerprint density at radius 3 is 1.04 bits per heavy atom. The molecule has 82 heavy (non-hydrogen) atoms. The Labute approximate surface area is 511 Å². The first-order valence-electron chi connectivity index (χ1n) is 36.1. The largest absolute Gasteiger partial charge is 0.756 e. The summed E-state index contributed by atoms with van der Waals surface area (Å²) in [5.41, 5.74) is 0. The molecule has 1 N–H and O–H groups in total. The molecule has 10 heteroatoms. The number of ether oxygens (including phenoxy) is 1. The van der Waals surface area contributed by atoms with Crippen LogP contribution in [0.2, 0.25) is 0 Å². The molecule has 9 nitrogen and oxygen atoms in total. The zero-order chi connectivity index (χ0) is 60.0. The number of quaternary nitrogens is 1. The van der Waals surface area contributed by atoms with Crippen LogP contribution in [0.3, 0.4) is 0 Å². The number of amides is 1. The van der Waals surface area contributed by atoms with E-state index in [4.69, 9.17) is 13.8 Å². The number of esters is 1. The van der Waals surface area contributed by atoms with Crippen molar-refractivity contribution in [2.75, 3.05) is 40.9 Å². The van der Waals surface area contributed by atoms with Gasteiger partial charge in [-0.2, -0.15) is 0 Å². The van der Waals surface area contributed by atoms with Gasteiger partial charge in [0.2, 0.25) is 5.91 Å². The van der Waals surface area contributed by atoms with Crippen LogP contribution < -0.4 is 10.2 Å². The molecule has 0 radical (unpaired) electrons. The molecule has 0 fully saturated rings. The summed E-state index contributed by atoms with van der Waals surface area (Å²) < 4.78 is 30.5. The van der Waals surface area contributed by atoms with Gasteiger partial charge in [-0.1, -0.05) is 328 Å². The topological polar surface area (TPSA) is 114 Å². The van der Waals surface area contributed by atoms with E-state index in [1.807, 2.05) is 33.3 Å². The number of phosphoric acid groups is 1. The molecule has 0 aromatic rings. The minimum Gasteiger partial charge on any atom is -0.756 e. The number of nitrogens with zero attached hydrogens (tertiary/aromatic N) is 1. The summed E-state index contributed by atoms with van der Waals surface area (Å²) in [4.78, 5) is 40.2. The summed E-state index contributed by atoms with van der Waals surface area (Å²) in [5, 5.41) is 3.05. The van der Waals surface area contributed by atoms with Gasteiger partial charge in [-0.25, -0.2) is 0 Å². The third-order valence-corrected chi connectivity index (χ3v) is 17.6. The summed E-state index contributed by atoms with van der Waals surface area (Å²) in [6.07, 6.45) is 75.9. The highest BCUT2D eigenvalue weighted by molar-refractivity contribution is 7.45. The van der Waals surface area contributed by atoms with Gasteiger partial charge in [-0.3, -0.25) is 14.2 Å². The van der Waals surface area contributed by atoms with Crippen LogP contribution in [0, 0.1) is 0 Å². The van der Waals surface area contributed by atoms with Crippen LogP contribution in [-0.2, 0) is 27.9 Å². The van der Waals surface area contributed by atoms with E-state index in [9.17, 15) is 19.0 Å². The number of likely N-dealkylation sites (N-methyl/N-ethyl adjacent to an activating group) is 1. The molecule has 0 spiro atoms. The fraction of sp³-hybridized carbons (Fsp3) is 0.917. The number of rotatable bonds is 67. The Bertz CT molecular complexity index is 1450. The first kappa shape index (κ1) is 80.5. The molecule has 0 bridgehead atoms. The maximum Gasteiger partial charge on any atom is 0.306 e. The lowest BCUT2D eigenvalue weighted by atomic mass is 10.0. The summed E-state index contributed by atoms with van der Waals surface area (Å²) >= 11 is 0. The van der Waals surface area contributed by atoms with Crippen molar-refractivity contribution in [1.82, 2.24) is 5.32 Å². The Morgan fingerprint density at radius 2 is 0.707 bits per heavy atom. The van der Waals surface area contributed by atoms with Gasteiger partial charge < -0.3 is 28.5 Å². The normalized spacial score (nSPS) is 13.6. The molecule has 0 aliphatic heterocycles. The van der Waals surface area contributed by atoms with Gasteiger partial charge in [0.1, 0.15) is 19.3 Å². The Morgan fingerprint density at radius 1 is 0.415 bits per heavy atom. The van der Waals surface area contributed by atoms with Crippen molar-refractivity contribution in [2.45, 2.75) is 386 Å². The van der Waals surface area contributed by atoms with Crippen LogP contribution in [0.1, 0.15) is 374 Å². The second-order valence-electron chi connectivity index (χ2n) is 26.1. The third-order valence-electron chi connectivity index (χ3n) is 16.6. The molecule has 0 aromatic heterocycles. The van der Waals surface area contributed by atoms with E-state index in [1.165, 1.54) is 283 Å². The van der Waals surface area contributed by atoms with E-state index >= 15 is 0 Å². The minimum absolute atomic E-state index is 0.0183. The monoisotopic (exact) mass is 1180 g/mol. The molecular weight excluding hydrogens is 1040 g/mol. The molecule has 0 saturated carbocycles. The molecule has 0 rings (SSSR count). The number of allylic oxidation sites excluding steroid dienone is 3. The predicted molar refractivity (Wildman–Crippen MR) is 353 cm³/mol. The van der Waals surface area contributed by atoms with Gasteiger partial charge in [0.25, 0.3) is 7.82 Å². The van der Waals surface area contributed by atoms with E-state index < -0.39 is 20.0 Å². The quantitative estimate of drug-likeness (QED) is 0.0212. The average molecular weight is 1180 g/mol. The zero-order valence-electron chi connectivity index (χ0n) is 55.7. The molecule has 0 heterocycles. The number of nitrogens with one attached hydrogen (secondary N) is 1. The SMILES string of the molecule is CCCCCCCC/C=C/CCCCCCCCCCCCCC(=O)NC(COP(=O)([O-])OCC[N+](C)(C)C)C(/C=C/CCCCCCCCCCCC)OC(=O)CCCCCCCCCCCCCCCCCCCCCCCCC. The molecule has 1 amide bonds. The fourth-order valence-corrected chi connectivity index (χ4v) is 11.8. The van der Waals surface area contributed by atoms with Gasteiger partial charge in [0, 0.05) is 12.8 Å². The van der Waals surface area contributed by atoms with Crippen LogP contribution in [0.5, 0.6) is 0 Å². The lowest BCUT2D eigenvalue weighted by Gasteiger charge is -2.30. The Balaban J connectivity index is 5.02. The highest BCUT2D eigenvalue weighted by Gasteiger charge is 2.27. The fourth-order valence-electron chi connectivity index (χ4n) is 11.1. The van der Waals surface area contributed by atoms with Gasteiger partial charge in [-0.05, 0) is 57.4 Å². The van der Waals surface area contributed by atoms with Crippen LogP contribution in [0.15, 0.2) is 24.3 Å². The van der Waals surface area contributed by atoms with E-state index in [1.54, 1.807) is 0 Å². The van der Waals surface area contributed by atoms with Crippen molar-refractivity contribution < 1.29 is 37.3 Å². The van der Waals surface area contributed by atoms with Crippen LogP contribution in [-0.4, -0.2) is 69.4 Å². The Kier molecular flexibility index (Phi) is 61.4. The average Bonchev–Trinajstić information content (AvgIpc) is 3.44. The van der Waals surface area contributed by atoms with Crippen molar-refractivity contribution >= 4 is 19.7 Å². The highest BCUT2D eigenvalue weighted by Crippen LogP contribution is 2.38. The number of carbonyl (C=O) groups excluding carboxylic acids is 2. The van der Waals surface area contributed by atoms with Crippen molar-refractivity contribution in [2.24, 2.45) is 0 Å². The maximum atomic E-state index is 13.6. The second-order valence-corrected chi connectivity index (χ2v) is 27.5. The van der Waals surface area contributed by atoms with E-state index in [2.05, 4.69) is 38.2 Å². The lowest BCUT2D eigenvalue weighted by Crippen LogP contribution is -2.47. The highest BCUT2D eigenvalue weighted by atomic mass is 31.2. The standard InChI is InChI=1S/C72H141N2O7P/c1-7-10-13-16-19-22-25-28-30-32-34-36-37-39-41-43-45-47-50-53-56-59-62-65-72(76)81-70(63-60-57-54-51-48-27-24-21-18-15-12-9-3)69(68-80-82(77,78)79-67-66-74(4,5)6)73-71(75)64-61-58-55-52-49-46-44-42-40-38-35-33-31-29-26-23-20-17-14-11-8-2/h29,31,60,63,69-70H,7-28,30,32-59,61-62,64-68H2,1-6H3,(H-,73,75,77,78)/b31-29+,63-60+. The molecule has 3 atom stereocenters. The van der Waals surface area contributed by atoms with Crippen molar-refractivity contribution in [3.63, 3.8) is 0 Å². The number of phosphoric ester groups is 1. The first-order valence-corrected chi connectivity index (χ1v) is 37.6. The molecule has 0 aliphatic rings. The molecular formula is C72H141N2O7P. The van der Waals surface area contributed by atoms with Crippen molar-refractivity contribution in [1.29, 1.82) is 0 Å². The van der Waals surface area contributed by atoms with Crippen LogP contribution >= 0.6 is 7.82 Å². The number of unbranched alkanes of at least 4 members (excludes halogenated alkanes) is 49. The van der Waals surface area contributed by atoms with Gasteiger partial charge in [-0.15, -0.1) is 0 Å². The summed E-state index contributed by atoms with van der Waals surface area (Å²) in [6.45, 7) is 6.91. The van der Waals surface area contributed by atoms with Gasteiger partial charge in [0.15, 0.2) is 0 Å². The van der Waals surface area contributed by atoms with Gasteiger partial charge in [0.05, 0.1) is 33.8 Å². The summed E-state index contributed by atoms with van der Waals surface area (Å²) in [6, 6.07) is -0.884. The molecule has 0 aromatic carbocycles. The number of hydrogen-bond acceptors (Lipinski definition) is 7. The number of carbonyl (C=O) groups is 2. The summed E-state index contributed by atoms with van der Waals surface area (Å²) in [5.74, 6) is -0.518. The molecule has 486 valence electrons. The zero-order valence-corrected chi connectivity index (χ0v) is 56.6. The van der Waals surface area contributed by atoms with Crippen LogP contribution in [0.25, 0.3) is 0 Å². The van der Waals surface area contributed by atoms with E-state index in [0.29, 0.717) is 17.4 Å². The van der Waals surface area contributed by atoms with Gasteiger partial charge >= 0.3 is 5.97 Å². The van der Waals surface area contributed by atoms with E-state index in [0.717, 1.165) is 57.8 Å². The predicted octanol–water partition coefficient (Wildman–Crippen LogP) is 22.2. The molecule has 0 saturated heterocycles. The minimum atomic E-state index is -4.70.